The molecule has 3 heterocycles. The van der Waals surface area contributed by atoms with Crippen LogP contribution in [0.1, 0.15) is 65.0 Å². The number of nitrogens with one attached hydrogen (secondary N) is 2. The van der Waals surface area contributed by atoms with Crippen LogP contribution in [-0.2, 0) is 50.7 Å². The Morgan fingerprint density at radius 3 is 2.39 bits per heavy atom. The van der Waals surface area contributed by atoms with E-state index in [1.165, 1.54) is 20.3 Å². The number of nitrogens with two attached hydrogens (primary N) is 2. The third kappa shape index (κ3) is 14.8. The lowest BCUT2D eigenvalue weighted by molar-refractivity contribution is -0.137. The summed E-state index contributed by atoms with van der Waals surface area (Å²) in [6.07, 6.45) is -0.623. The quantitative estimate of drug-likeness (QED) is 0.0547. The van der Waals surface area contributed by atoms with Crippen LogP contribution < -0.4 is 22.1 Å². The van der Waals surface area contributed by atoms with Crippen molar-refractivity contribution in [1.82, 2.24) is 30.2 Å². The van der Waals surface area contributed by atoms with Crippen LogP contribution in [0.2, 0.25) is 0 Å². The Morgan fingerprint density at radius 2 is 1.71 bits per heavy atom. The number of nitrogen functional groups attached to an aromatic ring is 1. The monoisotopic (exact) mass is 920 g/mol. The minimum absolute atomic E-state index is 0.0303. The smallest absolute Gasteiger partial charge is 0.386 e. The van der Waals surface area contributed by atoms with E-state index in [1.807, 2.05) is 0 Å². The lowest BCUT2D eigenvalue weighted by atomic mass is 9.85. The lowest BCUT2D eigenvalue weighted by Crippen LogP contribution is -2.46. The fourth-order valence-electron chi connectivity index (χ4n) is 6.27. The van der Waals surface area contributed by atoms with E-state index in [4.69, 9.17) is 25.3 Å². The van der Waals surface area contributed by atoms with Crippen molar-refractivity contribution in [2.45, 2.75) is 95.5 Å². The van der Waals surface area contributed by atoms with Crippen LogP contribution in [-0.4, -0.2) is 129 Å². The SMILES string of the molecule is CC(C)(COP(=O)(O)OP(=O)(O)OCC1OC(n2cnc3c(N)ncnc32)C(O)C1OP(=O)(O)O)C(O)C(=O)NCCC(=O)NCCSC(=O)C(N)CC1CCCCC1. The highest BCUT2D eigenvalue weighted by molar-refractivity contribution is 8.13. The van der Waals surface area contributed by atoms with Gasteiger partial charge in [-0.2, -0.15) is 4.31 Å². The number of imidazole rings is 1. The Bertz CT molecular complexity index is 1920. The zero-order valence-corrected chi connectivity index (χ0v) is 35.5. The fourth-order valence-corrected chi connectivity index (χ4v) is 9.81. The Balaban J connectivity index is 1.20. The molecule has 25 nitrogen and oxygen atoms in total. The first kappa shape index (κ1) is 49.2. The second-order valence-corrected chi connectivity index (χ2v) is 19.9. The first-order chi connectivity index (χ1) is 27.5. The number of hydrogen-bond donors (Lipinski definition) is 10. The molecule has 1 aliphatic carbocycles. The molecule has 2 amide bonds. The maximum atomic E-state index is 12.7. The molecular formula is C30H51N8O17P3S. The number of thioether (sulfide) groups is 1. The summed E-state index contributed by atoms with van der Waals surface area (Å²) in [5.41, 5.74) is 10.3. The summed E-state index contributed by atoms with van der Waals surface area (Å²) in [6, 6.07) is -0.559. The molecule has 4 rings (SSSR count). The molecule has 8 unspecified atom stereocenters. The summed E-state index contributed by atoms with van der Waals surface area (Å²) in [4.78, 5) is 88.2. The van der Waals surface area contributed by atoms with Crippen LogP contribution in [0.25, 0.3) is 11.2 Å². The maximum Gasteiger partial charge on any atom is 0.481 e. The van der Waals surface area contributed by atoms with Crippen molar-refractivity contribution in [3.8, 4) is 0 Å². The first-order valence-electron chi connectivity index (χ1n) is 18.3. The highest BCUT2D eigenvalue weighted by Gasteiger charge is 2.50. The lowest BCUT2D eigenvalue weighted by Gasteiger charge is -2.30. The normalized spacial score (nSPS) is 23.6. The summed E-state index contributed by atoms with van der Waals surface area (Å²) >= 11 is 1.04. The molecule has 0 spiro atoms. The number of hydrogen-bond acceptors (Lipinski definition) is 19. The average Bonchev–Trinajstić information content (AvgIpc) is 3.71. The van der Waals surface area contributed by atoms with Crippen molar-refractivity contribution in [3.05, 3.63) is 12.7 Å². The van der Waals surface area contributed by atoms with E-state index in [-0.39, 0.29) is 41.6 Å². The van der Waals surface area contributed by atoms with Crippen LogP contribution in [0.15, 0.2) is 12.7 Å². The number of nitrogens with zero attached hydrogens (tertiary/aromatic N) is 4. The second-order valence-electron chi connectivity index (χ2n) is 14.6. The summed E-state index contributed by atoms with van der Waals surface area (Å²) in [7, 11) is -16.4. The van der Waals surface area contributed by atoms with E-state index in [2.05, 4.69) is 34.4 Å². The maximum absolute atomic E-state index is 12.7. The zero-order chi connectivity index (χ0) is 43.8. The van der Waals surface area contributed by atoms with E-state index < -0.39 is 90.6 Å². The third-order valence-electron chi connectivity index (χ3n) is 9.36. The van der Waals surface area contributed by atoms with E-state index >= 15 is 0 Å². The number of anilines is 1. The molecular weight excluding hydrogens is 869 g/mol. The van der Waals surface area contributed by atoms with Gasteiger partial charge in [-0.05, 0) is 12.3 Å². The van der Waals surface area contributed by atoms with E-state index in [0.717, 1.165) is 54.7 Å². The minimum atomic E-state index is -5.57. The van der Waals surface area contributed by atoms with Crippen molar-refractivity contribution >= 4 is 69.1 Å². The van der Waals surface area contributed by atoms with Gasteiger partial charge in [-0.1, -0.05) is 57.7 Å². The number of carbonyl (C=O) groups is 3. The summed E-state index contributed by atoms with van der Waals surface area (Å²) in [6.45, 7) is 0.467. The van der Waals surface area contributed by atoms with Crippen LogP contribution in [0, 0.1) is 11.3 Å². The third-order valence-corrected chi connectivity index (χ3v) is 13.5. The molecule has 0 aromatic carbocycles. The number of ether oxygens (including phenoxy) is 1. The largest absolute Gasteiger partial charge is 0.481 e. The zero-order valence-electron chi connectivity index (χ0n) is 32.0. The standard InChI is InChI=1S/C30H51N8O17P3S/c1-30(2,24(41)27(42)34-9-8-20(39)33-10-11-59-29(43)18(31)12-17-6-4-3-5-7-17)14-52-58(49,50)55-57(47,48)51-13-19-23(54-56(44,45)46)22(40)28(53-19)38-16-37-21-25(32)35-15-36-26(21)38/h15-19,22-24,28,40-41H,3-14,31H2,1-2H3,(H,33,39)(H,34,42)(H,47,48)(H,49,50)(H2,32,35,36)(H2,44,45,46). The molecule has 8 atom stereocenters. The van der Waals surface area contributed by atoms with Gasteiger partial charge >= 0.3 is 23.5 Å². The number of phosphoric ester groups is 3. The molecule has 1 aliphatic heterocycles. The van der Waals surface area contributed by atoms with E-state index in [0.29, 0.717) is 18.1 Å². The molecule has 2 aliphatic rings. The van der Waals surface area contributed by atoms with Gasteiger partial charge in [-0.15, -0.1) is 0 Å². The average molecular weight is 921 g/mol. The number of aliphatic hydroxyl groups excluding tert-OH is 2. The molecule has 2 fully saturated rings. The van der Waals surface area contributed by atoms with Crippen LogP contribution in [0.4, 0.5) is 5.82 Å². The van der Waals surface area contributed by atoms with Gasteiger partial charge < -0.3 is 56.6 Å². The molecule has 0 bridgehead atoms. The number of fused-ring (bicyclic) bond motifs is 1. The highest BCUT2D eigenvalue weighted by Crippen LogP contribution is 2.61. The molecule has 29 heteroatoms. The predicted molar refractivity (Wildman–Crippen MR) is 206 cm³/mol. The second kappa shape index (κ2) is 21.1. The van der Waals surface area contributed by atoms with Gasteiger partial charge in [-0.3, -0.25) is 32.5 Å². The predicted octanol–water partition coefficient (Wildman–Crippen LogP) is -0.0376. The van der Waals surface area contributed by atoms with Gasteiger partial charge in [0.1, 0.15) is 36.3 Å². The van der Waals surface area contributed by atoms with Gasteiger partial charge in [0.15, 0.2) is 17.7 Å². The number of amides is 2. The van der Waals surface area contributed by atoms with E-state index in [1.54, 1.807) is 0 Å². The molecule has 12 N–H and O–H groups in total. The molecule has 2 aromatic rings. The van der Waals surface area contributed by atoms with Gasteiger partial charge in [0, 0.05) is 30.7 Å². The molecule has 2 aromatic heterocycles. The topological polar surface area (TPSA) is 390 Å². The number of carbonyl (C=O) groups excluding carboxylic acids is 3. The summed E-state index contributed by atoms with van der Waals surface area (Å²) in [5, 5.41) is 26.3. The van der Waals surface area contributed by atoms with Crippen molar-refractivity contribution in [2.24, 2.45) is 17.1 Å². The molecule has 0 radical (unpaired) electrons. The van der Waals surface area contributed by atoms with Crippen LogP contribution in [0.5, 0.6) is 0 Å². The van der Waals surface area contributed by atoms with Gasteiger partial charge in [0.05, 0.1) is 25.6 Å². The number of phosphoric acid groups is 3. The van der Waals surface area contributed by atoms with E-state index in [9.17, 15) is 57.9 Å². The van der Waals surface area contributed by atoms with Crippen molar-refractivity contribution in [2.75, 3.05) is 37.8 Å². The number of rotatable bonds is 22. The van der Waals surface area contributed by atoms with Gasteiger partial charge in [0.2, 0.25) is 16.9 Å². The van der Waals surface area contributed by atoms with Crippen LogP contribution >= 0.6 is 35.2 Å². The molecule has 1 saturated carbocycles. The summed E-state index contributed by atoms with van der Waals surface area (Å²) < 4.78 is 62.2. The van der Waals surface area contributed by atoms with Crippen molar-refractivity contribution in [3.63, 3.8) is 0 Å². The molecule has 59 heavy (non-hydrogen) atoms. The molecule has 1 saturated heterocycles. The number of aliphatic hydroxyl groups is 2. The van der Waals surface area contributed by atoms with Crippen molar-refractivity contribution < 1.29 is 80.5 Å². The Hall–Kier alpha value is -2.48. The minimum Gasteiger partial charge on any atom is -0.386 e. The Kier molecular flexibility index (Phi) is 17.6. The number of aromatic nitrogens is 4. The Labute approximate surface area is 342 Å². The Morgan fingerprint density at radius 1 is 1.03 bits per heavy atom. The first-order valence-corrected chi connectivity index (χ1v) is 23.8. The van der Waals surface area contributed by atoms with Gasteiger partial charge in [-0.25, -0.2) is 28.6 Å². The fraction of sp³-hybridized carbons (Fsp3) is 0.733. The highest BCUT2D eigenvalue weighted by atomic mass is 32.2. The van der Waals surface area contributed by atoms with Crippen molar-refractivity contribution in [1.29, 1.82) is 0 Å². The molecule has 334 valence electrons. The summed E-state index contributed by atoms with van der Waals surface area (Å²) in [5.74, 6) is -0.695. The van der Waals surface area contributed by atoms with Crippen LogP contribution in [0.3, 0.4) is 0 Å². The van der Waals surface area contributed by atoms with Gasteiger partial charge in [0.25, 0.3) is 0 Å².